The van der Waals surface area contributed by atoms with Crippen LogP contribution < -0.4 is 9.46 Å². The minimum absolute atomic E-state index is 0.275. The van der Waals surface area contributed by atoms with Gasteiger partial charge in [0.1, 0.15) is 11.4 Å². The van der Waals surface area contributed by atoms with E-state index in [1.807, 2.05) is 38.1 Å². The summed E-state index contributed by atoms with van der Waals surface area (Å²) in [5, 5.41) is 0. The summed E-state index contributed by atoms with van der Waals surface area (Å²) in [6, 6.07) is 15.7. The fourth-order valence-corrected chi connectivity index (χ4v) is 4.00. The average molecular weight is 317 g/mol. The summed E-state index contributed by atoms with van der Waals surface area (Å²) < 4.78 is 33.9. The molecule has 1 aliphatic rings. The molecular formula is C17H19NO3S. The third kappa shape index (κ3) is 3.00. The zero-order valence-electron chi connectivity index (χ0n) is 12.6. The number of sulfonamides is 1. The number of ether oxygens (including phenoxy) is 1. The second-order valence-corrected chi connectivity index (χ2v) is 7.80. The predicted molar refractivity (Wildman–Crippen MR) is 85.3 cm³/mol. The van der Waals surface area contributed by atoms with Crippen molar-refractivity contribution in [2.75, 3.05) is 0 Å². The van der Waals surface area contributed by atoms with Gasteiger partial charge in [-0.1, -0.05) is 36.4 Å². The lowest BCUT2D eigenvalue weighted by Crippen LogP contribution is -2.41. The molecule has 0 saturated carbocycles. The van der Waals surface area contributed by atoms with Gasteiger partial charge in [0.05, 0.1) is 10.9 Å². The van der Waals surface area contributed by atoms with Crippen molar-refractivity contribution < 1.29 is 13.2 Å². The summed E-state index contributed by atoms with van der Waals surface area (Å²) in [4.78, 5) is 0.275. The average Bonchev–Trinajstić information content (AvgIpc) is 2.46. The number of benzene rings is 2. The van der Waals surface area contributed by atoms with Crippen molar-refractivity contribution in [2.24, 2.45) is 0 Å². The first-order valence-electron chi connectivity index (χ1n) is 7.23. The molecule has 0 unspecified atom stereocenters. The molecule has 0 fully saturated rings. The van der Waals surface area contributed by atoms with Gasteiger partial charge in [-0.3, -0.25) is 0 Å². The molecule has 0 saturated heterocycles. The van der Waals surface area contributed by atoms with Crippen LogP contribution in [0.5, 0.6) is 5.75 Å². The van der Waals surface area contributed by atoms with E-state index in [1.165, 1.54) is 0 Å². The molecular weight excluding hydrogens is 298 g/mol. The van der Waals surface area contributed by atoms with Crippen molar-refractivity contribution in [1.82, 2.24) is 4.72 Å². The molecule has 2 aromatic rings. The highest BCUT2D eigenvalue weighted by atomic mass is 32.2. The first-order valence-corrected chi connectivity index (χ1v) is 8.71. The van der Waals surface area contributed by atoms with E-state index in [-0.39, 0.29) is 10.9 Å². The van der Waals surface area contributed by atoms with Crippen molar-refractivity contribution in [3.05, 3.63) is 60.2 Å². The molecule has 2 aromatic carbocycles. The maximum absolute atomic E-state index is 12.6. The van der Waals surface area contributed by atoms with E-state index in [2.05, 4.69) is 4.72 Å². The van der Waals surface area contributed by atoms with Crippen LogP contribution in [0.15, 0.2) is 59.5 Å². The summed E-state index contributed by atoms with van der Waals surface area (Å²) in [7, 11) is -3.56. The largest absolute Gasteiger partial charge is 0.487 e. The summed E-state index contributed by atoms with van der Waals surface area (Å²) >= 11 is 0. The van der Waals surface area contributed by atoms with Gasteiger partial charge in [-0.15, -0.1) is 0 Å². The van der Waals surface area contributed by atoms with Crippen LogP contribution in [0.25, 0.3) is 0 Å². The molecule has 0 amide bonds. The van der Waals surface area contributed by atoms with E-state index < -0.39 is 15.6 Å². The molecule has 1 heterocycles. The molecule has 1 aliphatic heterocycles. The molecule has 1 N–H and O–H groups in total. The van der Waals surface area contributed by atoms with Crippen LogP contribution in [0.1, 0.15) is 31.9 Å². The highest BCUT2D eigenvalue weighted by molar-refractivity contribution is 7.89. The summed E-state index contributed by atoms with van der Waals surface area (Å²) in [5.74, 6) is 0.736. The fraction of sp³-hybridized carbons (Fsp3) is 0.294. The van der Waals surface area contributed by atoms with Crippen LogP contribution in [0.4, 0.5) is 0 Å². The molecule has 0 bridgehead atoms. The Balaban J connectivity index is 1.95. The molecule has 1 atom stereocenters. The molecule has 4 nitrogen and oxygen atoms in total. The smallest absolute Gasteiger partial charge is 0.241 e. The lowest BCUT2D eigenvalue weighted by atomic mass is 9.90. The summed E-state index contributed by atoms with van der Waals surface area (Å²) in [6.45, 7) is 3.93. The van der Waals surface area contributed by atoms with Gasteiger partial charge < -0.3 is 4.74 Å². The Kier molecular flexibility index (Phi) is 3.70. The third-order valence-electron chi connectivity index (χ3n) is 3.73. The highest BCUT2D eigenvalue weighted by Gasteiger charge is 2.35. The molecule has 5 heteroatoms. The zero-order chi connectivity index (χ0) is 15.8. The van der Waals surface area contributed by atoms with Crippen molar-refractivity contribution in [1.29, 1.82) is 0 Å². The number of rotatable bonds is 3. The summed E-state index contributed by atoms with van der Waals surface area (Å²) in [6.07, 6.45) is 0.579. The fourth-order valence-electron chi connectivity index (χ4n) is 2.76. The number of nitrogens with one attached hydrogen (secondary N) is 1. The normalized spacial score (nSPS) is 20.0. The van der Waals surface area contributed by atoms with Gasteiger partial charge in [0.25, 0.3) is 0 Å². The molecule has 22 heavy (non-hydrogen) atoms. The van der Waals surface area contributed by atoms with E-state index in [4.69, 9.17) is 4.74 Å². The van der Waals surface area contributed by atoms with Gasteiger partial charge in [-0.05, 0) is 32.0 Å². The van der Waals surface area contributed by atoms with Crippen LogP contribution >= 0.6 is 0 Å². The van der Waals surface area contributed by atoms with E-state index in [0.717, 1.165) is 11.3 Å². The first-order chi connectivity index (χ1) is 10.4. The van der Waals surface area contributed by atoms with Crippen LogP contribution in [0.2, 0.25) is 0 Å². The van der Waals surface area contributed by atoms with Crippen molar-refractivity contribution in [3.63, 3.8) is 0 Å². The van der Waals surface area contributed by atoms with Gasteiger partial charge in [-0.25, -0.2) is 13.1 Å². The Morgan fingerprint density at radius 1 is 1.05 bits per heavy atom. The molecule has 0 radical (unpaired) electrons. The first kappa shape index (κ1) is 15.1. The van der Waals surface area contributed by atoms with Crippen LogP contribution in [-0.4, -0.2) is 14.0 Å². The van der Waals surface area contributed by atoms with Gasteiger partial charge in [-0.2, -0.15) is 0 Å². The summed E-state index contributed by atoms with van der Waals surface area (Å²) in [5.41, 5.74) is 0.458. The van der Waals surface area contributed by atoms with Crippen LogP contribution in [0.3, 0.4) is 0 Å². The highest BCUT2D eigenvalue weighted by Crippen LogP contribution is 2.39. The quantitative estimate of drug-likeness (QED) is 0.945. The number of hydrogen-bond donors (Lipinski definition) is 1. The topological polar surface area (TPSA) is 55.4 Å². The van der Waals surface area contributed by atoms with Crippen LogP contribution in [0, 0.1) is 0 Å². The second-order valence-electron chi connectivity index (χ2n) is 6.09. The minimum Gasteiger partial charge on any atom is -0.487 e. The Morgan fingerprint density at radius 2 is 1.68 bits per heavy atom. The van der Waals surface area contributed by atoms with Crippen LogP contribution in [-0.2, 0) is 10.0 Å². The van der Waals surface area contributed by atoms with Gasteiger partial charge in [0.15, 0.2) is 0 Å². The Labute approximate surface area is 131 Å². The lowest BCUT2D eigenvalue weighted by Gasteiger charge is -2.37. The Bertz CT molecular complexity index is 770. The third-order valence-corrected chi connectivity index (χ3v) is 5.21. The van der Waals surface area contributed by atoms with Crippen molar-refractivity contribution >= 4 is 10.0 Å². The molecule has 116 valence electrons. The van der Waals surface area contributed by atoms with E-state index in [9.17, 15) is 8.42 Å². The predicted octanol–water partition coefficient (Wildman–Crippen LogP) is 3.27. The van der Waals surface area contributed by atoms with E-state index in [0.29, 0.717) is 6.42 Å². The number of hydrogen-bond acceptors (Lipinski definition) is 3. The molecule has 0 aliphatic carbocycles. The molecule has 0 spiro atoms. The van der Waals surface area contributed by atoms with E-state index in [1.54, 1.807) is 30.3 Å². The minimum atomic E-state index is -3.56. The zero-order valence-corrected chi connectivity index (χ0v) is 13.4. The molecule has 0 aromatic heterocycles. The van der Waals surface area contributed by atoms with E-state index >= 15 is 0 Å². The second kappa shape index (κ2) is 5.41. The maximum Gasteiger partial charge on any atom is 0.241 e. The number of para-hydroxylation sites is 1. The Morgan fingerprint density at radius 3 is 2.41 bits per heavy atom. The number of fused-ring (bicyclic) bond motifs is 1. The van der Waals surface area contributed by atoms with Gasteiger partial charge in [0.2, 0.25) is 10.0 Å². The van der Waals surface area contributed by atoms with Crippen molar-refractivity contribution in [3.8, 4) is 5.75 Å². The molecule has 3 rings (SSSR count). The van der Waals surface area contributed by atoms with Crippen molar-refractivity contribution in [2.45, 2.75) is 36.8 Å². The van der Waals surface area contributed by atoms with Gasteiger partial charge in [0, 0.05) is 12.0 Å². The standard InChI is InChI=1S/C17H19NO3S/c1-17(2)12-15(14-10-6-7-11-16(14)21-17)18-22(19,20)13-8-4-3-5-9-13/h3-11,15,18H,12H2,1-2H3/t15-/m0/s1. The Hall–Kier alpha value is -1.85. The SMILES string of the molecule is CC1(C)C[C@H](NS(=O)(=O)c2ccccc2)c2ccccc2O1. The van der Waals surface area contributed by atoms with Gasteiger partial charge >= 0.3 is 0 Å². The monoisotopic (exact) mass is 317 g/mol. The maximum atomic E-state index is 12.6. The lowest BCUT2D eigenvalue weighted by molar-refractivity contribution is 0.0702.